The van der Waals surface area contributed by atoms with E-state index in [1.165, 1.54) is 19.3 Å². The second-order valence-corrected chi connectivity index (χ2v) is 4.68. The van der Waals surface area contributed by atoms with Crippen molar-refractivity contribution in [3.63, 3.8) is 0 Å². The quantitative estimate of drug-likeness (QED) is 0.728. The van der Waals surface area contributed by atoms with E-state index in [-0.39, 0.29) is 0 Å². The monoisotopic (exact) mass is 185 g/mol. The van der Waals surface area contributed by atoms with Gasteiger partial charge in [0, 0.05) is 19.3 Å². The maximum absolute atomic E-state index is 6.06. The molecule has 0 spiro atoms. The Morgan fingerprint density at radius 2 is 1.92 bits per heavy atom. The van der Waals surface area contributed by atoms with Crippen molar-refractivity contribution in [1.82, 2.24) is 0 Å². The van der Waals surface area contributed by atoms with Crippen LogP contribution in [0.15, 0.2) is 0 Å². The molecule has 0 aromatic heterocycles. The Morgan fingerprint density at radius 1 is 1.31 bits per heavy atom. The molecule has 1 fully saturated rings. The zero-order chi connectivity index (χ0) is 9.68. The molecule has 13 heavy (non-hydrogen) atoms. The predicted molar refractivity (Wildman–Crippen MR) is 55.6 cm³/mol. The molecule has 1 unspecified atom stereocenters. The first-order valence-corrected chi connectivity index (χ1v) is 5.51. The zero-order valence-electron chi connectivity index (χ0n) is 8.96. The van der Waals surface area contributed by atoms with Crippen molar-refractivity contribution in [2.24, 2.45) is 17.6 Å². The third-order valence-electron chi connectivity index (χ3n) is 2.75. The molecule has 0 amide bonds. The molecule has 2 N–H and O–H groups in total. The number of hydrogen-bond donors (Lipinski definition) is 1. The number of nitrogens with two attached hydrogens (primary N) is 1. The van der Waals surface area contributed by atoms with Crippen molar-refractivity contribution in [3.8, 4) is 0 Å². The third-order valence-corrected chi connectivity index (χ3v) is 2.75. The first-order valence-electron chi connectivity index (χ1n) is 5.51. The summed E-state index contributed by atoms with van der Waals surface area (Å²) in [5.74, 6) is 1.55. The van der Waals surface area contributed by atoms with E-state index in [4.69, 9.17) is 10.5 Å². The van der Waals surface area contributed by atoms with Gasteiger partial charge in [0.25, 0.3) is 0 Å². The summed E-state index contributed by atoms with van der Waals surface area (Å²) in [6, 6.07) is 0.406. The van der Waals surface area contributed by atoms with Gasteiger partial charge < -0.3 is 10.5 Å². The van der Waals surface area contributed by atoms with Gasteiger partial charge >= 0.3 is 0 Å². The summed E-state index contributed by atoms with van der Waals surface area (Å²) in [4.78, 5) is 0. The average molecular weight is 185 g/mol. The summed E-state index contributed by atoms with van der Waals surface area (Å²) in [6.45, 7) is 6.37. The fourth-order valence-corrected chi connectivity index (χ4v) is 2.11. The Labute approximate surface area is 81.8 Å². The van der Waals surface area contributed by atoms with Crippen LogP contribution in [-0.2, 0) is 4.74 Å². The van der Waals surface area contributed by atoms with E-state index in [9.17, 15) is 0 Å². The molecule has 1 rings (SSSR count). The first-order chi connectivity index (χ1) is 6.18. The van der Waals surface area contributed by atoms with Crippen molar-refractivity contribution in [1.29, 1.82) is 0 Å². The lowest BCUT2D eigenvalue weighted by Gasteiger charge is -2.25. The van der Waals surface area contributed by atoms with Gasteiger partial charge in [-0.1, -0.05) is 13.8 Å². The number of ether oxygens (including phenoxy) is 1. The van der Waals surface area contributed by atoms with E-state index in [0.717, 1.165) is 31.5 Å². The lowest BCUT2D eigenvalue weighted by atomic mass is 9.89. The van der Waals surface area contributed by atoms with Crippen molar-refractivity contribution in [3.05, 3.63) is 0 Å². The standard InChI is InChI=1S/C11H23NO/c1-9(2)7-11(12)8-10-3-5-13-6-4-10/h9-11H,3-8,12H2,1-2H3. The van der Waals surface area contributed by atoms with Gasteiger partial charge in [0.1, 0.15) is 0 Å². The summed E-state index contributed by atoms with van der Waals surface area (Å²) in [6.07, 6.45) is 4.79. The summed E-state index contributed by atoms with van der Waals surface area (Å²) in [5, 5.41) is 0. The van der Waals surface area contributed by atoms with Gasteiger partial charge in [-0.2, -0.15) is 0 Å². The molecule has 0 aromatic carbocycles. The summed E-state index contributed by atoms with van der Waals surface area (Å²) in [5.41, 5.74) is 6.06. The molecule has 78 valence electrons. The lowest BCUT2D eigenvalue weighted by molar-refractivity contribution is 0.0612. The average Bonchev–Trinajstić information content (AvgIpc) is 2.04. The second-order valence-electron chi connectivity index (χ2n) is 4.68. The predicted octanol–water partition coefficient (Wildman–Crippen LogP) is 2.18. The topological polar surface area (TPSA) is 35.2 Å². The van der Waals surface area contributed by atoms with Gasteiger partial charge in [0.15, 0.2) is 0 Å². The fraction of sp³-hybridized carbons (Fsp3) is 1.00. The lowest BCUT2D eigenvalue weighted by Crippen LogP contribution is -2.28. The van der Waals surface area contributed by atoms with E-state index >= 15 is 0 Å². The molecule has 1 aliphatic heterocycles. The maximum Gasteiger partial charge on any atom is 0.0468 e. The third kappa shape index (κ3) is 4.63. The minimum atomic E-state index is 0.406. The van der Waals surface area contributed by atoms with Crippen LogP contribution in [0.3, 0.4) is 0 Å². The van der Waals surface area contributed by atoms with Gasteiger partial charge in [0.2, 0.25) is 0 Å². The van der Waals surface area contributed by atoms with Crippen LogP contribution in [0.25, 0.3) is 0 Å². The Hall–Kier alpha value is -0.0800. The minimum Gasteiger partial charge on any atom is -0.381 e. The van der Waals surface area contributed by atoms with E-state index in [2.05, 4.69) is 13.8 Å². The Bertz CT molecular complexity index is 130. The van der Waals surface area contributed by atoms with Crippen molar-refractivity contribution in [2.45, 2.75) is 45.6 Å². The Morgan fingerprint density at radius 3 is 2.46 bits per heavy atom. The van der Waals surface area contributed by atoms with Crippen LogP contribution in [0.1, 0.15) is 39.5 Å². The van der Waals surface area contributed by atoms with Gasteiger partial charge in [-0.15, -0.1) is 0 Å². The van der Waals surface area contributed by atoms with Gasteiger partial charge in [-0.25, -0.2) is 0 Å². The van der Waals surface area contributed by atoms with E-state index < -0.39 is 0 Å². The van der Waals surface area contributed by atoms with Crippen LogP contribution in [0.5, 0.6) is 0 Å². The molecular formula is C11H23NO. The molecule has 0 saturated carbocycles. The highest BCUT2D eigenvalue weighted by Crippen LogP contribution is 2.21. The Kier molecular flexibility index (Phi) is 4.74. The summed E-state index contributed by atoms with van der Waals surface area (Å²) in [7, 11) is 0. The van der Waals surface area contributed by atoms with Gasteiger partial charge in [-0.05, 0) is 37.5 Å². The van der Waals surface area contributed by atoms with Crippen LogP contribution in [0.2, 0.25) is 0 Å². The molecule has 0 bridgehead atoms. The molecule has 0 aromatic rings. The molecule has 1 heterocycles. The van der Waals surface area contributed by atoms with Crippen LogP contribution in [-0.4, -0.2) is 19.3 Å². The molecule has 1 aliphatic rings. The van der Waals surface area contributed by atoms with Crippen LogP contribution < -0.4 is 5.73 Å². The SMILES string of the molecule is CC(C)CC(N)CC1CCOCC1. The van der Waals surface area contributed by atoms with Crippen molar-refractivity contribution in [2.75, 3.05) is 13.2 Å². The number of rotatable bonds is 4. The highest BCUT2D eigenvalue weighted by Gasteiger charge is 2.17. The summed E-state index contributed by atoms with van der Waals surface area (Å²) >= 11 is 0. The minimum absolute atomic E-state index is 0.406. The summed E-state index contributed by atoms with van der Waals surface area (Å²) < 4.78 is 5.32. The normalized spacial score (nSPS) is 22.2. The zero-order valence-corrected chi connectivity index (χ0v) is 8.96. The van der Waals surface area contributed by atoms with Crippen LogP contribution >= 0.6 is 0 Å². The first kappa shape index (κ1) is 11.0. The molecule has 2 nitrogen and oxygen atoms in total. The molecule has 0 aliphatic carbocycles. The van der Waals surface area contributed by atoms with Crippen molar-refractivity contribution >= 4 is 0 Å². The van der Waals surface area contributed by atoms with E-state index in [0.29, 0.717) is 6.04 Å². The highest BCUT2D eigenvalue weighted by atomic mass is 16.5. The number of hydrogen-bond acceptors (Lipinski definition) is 2. The fourth-order valence-electron chi connectivity index (χ4n) is 2.11. The molecule has 1 atom stereocenters. The van der Waals surface area contributed by atoms with Crippen molar-refractivity contribution < 1.29 is 4.74 Å². The van der Waals surface area contributed by atoms with Gasteiger partial charge in [0.05, 0.1) is 0 Å². The van der Waals surface area contributed by atoms with E-state index in [1.807, 2.05) is 0 Å². The molecule has 1 saturated heterocycles. The van der Waals surface area contributed by atoms with Gasteiger partial charge in [-0.3, -0.25) is 0 Å². The maximum atomic E-state index is 6.06. The smallest absolute Gasteiger partial charge is 0.0468 e. The highest BCUT2D eigenvalue weighted by molar-refractivity contribution is 4.71. The molecule has 2 heteroatoms. The van der Waals surface area contributed by atoms with Crippen LogP contribution in [0, 0.1) is 11.8 Å². The molecule has 0 radical (unpaired) electrons. The largest absolute Gasteiger partial charge is 0.381 e. The molecular weight excluding hydrogens is 162 g/mol. The van der Waals surface area contributed by atoms with E-state index in [1.54, 1.807) is 0 Å². The Balaban J connectivity index is 2.14. The van der Waals surface area contributed by atoms with Crippen LogP contribution in [0.4, 0.5) is 0 Å². The second kappa shape index (κ2) is 5.61.